The van der Waals surface area contributed by atoms with E-state index < -0.39 is 0 Å². The standard InChI is InChI=1S/C12H26N2S/c1-4-5-6-8-14(3)12(10-13)7-9-15-11(12)2/h11H,4-10,13H2,1-3H3. The molecule has 1 fully saturated rings. The molecule has 0 aromatic rings. The maximum Gasteiger partial charge on any atom is 0.0452 e. The Morgan fingerprint density at radius 2 is 2.20 bits per heavy atom. The van der Waals surface area contributed by atoms with Crippen LogP contribution >= 0.6 is 11.8 Å². The molecule has 2 unspecified atom stereocenters. The van der Waals surface area contributed by atoms with Crippen LogP contribution in [0.4, 0.5) is 0 Å². The van der Waals surface area contributed by atoms with Gasteiger partial charge in [0.15, 0.2) is 0 Å². The summed E-state index contributed by atoms with van der Waals surface area (Å²) >= 11 is 2.07. The van der Waals surface area contributed by atoms with E-state index in [1.165, 1.54) is 38.0 Å². The third-order valence-corrected chi connectivity index (χ3v) is 5.25. The van der Waals surface area contributed by atoms with Crippen molar-refractivity contribution in [3.63, 3.8) is 0 Å². The van der Waals surface area contributed by atoms with Crippen molar-refractivity contribution in [3.8, 4) is 0 Å². The van der Waals surface area contributed by atoms with Crippen LogP contribution in [0, 0.1) is 0 Å². The first-order valence-corrected chi connectivity index (χ1v) is 7.25. The SMILES string of the molecule is CCCCCN(C)C1(CN)CCSC1C. The molecule has 0 saturated carbocycles. The van der Waals surface area contributed by atoms with Gasteiger partial charge in [0.2, 0.25) is 0 Å². The lowest BCUT2D eigenvalue weighted by atomic mass is 9.90. The molecule has 0 bridgehead atoms. The zero-order chi connectivity index (χ0) is 11.3. The van der Waals surface area contributed by atoms with Crippen molar-refractivity contribution in [3.05, 3.63) is 0 Å². The summed E-state index contributed by atoms with van der Waals surface area (Å²) in [6, 6.07) is 0. The molecule has 1 aliphatic rings. The average Bonchev–Trinajstić information content (AvgIpc) is 2.61. The first-order valence-electron chi connectivity index (χ1n) is 6.20. The molecule has 2 atom stereocenters. The molecule has 90 valence electrons. The molecule has 1 saturated heterocycles. The Kier molecular flexibility index (Phi) is 5.44. The van der Waals surface area contributed by atoms with Crippen molar-refractivity contribution in [1.29, 1.82) is 0 Å². The smallest absolute Gasteiger partial charge is 0.0452 e. The Labute approximate surface area is 99.0 Å². The number of unbranched alkanes of at least 4 members (excludes halogenated alkanes) is 2. The van der Waals surface area contributed by atoms with Gasteiger partial charge in [0.1, 0.15) is 0 Å². The van der Waals surface area contributed by atoms with Gasteiger partial charge in [0.05, 0.1) is 0 Å². The molecule has 15 heavy (non-hydrogen) atoms. The van der Waals surface area contributed by atoms with Gasteiger partial charge in [-0.25, -0.2) is 0 Å². The van der Waals surface area contributed by atoms with Crippen LogP contribution in [0.25, 0.3) is 0 Å². The fourth-order valence-electron chi connectivity index (χ4n) is 2.52. The molecule has 1 rings (SSSR count). The largest absolute Gasteiger partial charge is 0.329 e. The van der Waals surface area contributed by atoms with Crippen LogP contribution in [-0.4, -0.2) is 41.6 Å². The lowest BCUT2D eigenvalue weighted by Gasteiger charge is -2.41. The summed E-state index contributed by atoms with van der Waals surface area (Å²) in [4.78, 5) is 2.52. The Balaban J connectivity index is 2.49. The molecule has 2 nitrogen and oxygen atoms in total. The van der Waals surface area contributed by atoms with Crippen molar-refractivity contribution in [1.82, 2.24) is 4.90 Å². The Morgan fingerprint density at radius 3 is 2.67 bits per heavy atom. The van der Waals surface area contributed by atoms with Gasteiger partial charge >= 0.3 is 0 Å². The van der Waals surface area contributed by atoms with E-state index in [9.17, 15) is 0 Å². The summed E-state index contributed by atoms with van der Waals surface area (Å²) in [6.45, 7) is 6.60. The van der Waals surface area contributed by atoms with E-state index in [-0.39, 0.29) is 5.54 Å². The van der Waals surface area contributed by atoms with Crippen molar-refractivity contribution in [2.24, 2.45) is 5.73 Å². The van der Waals surface area contributed by atoms with Crippen LogP contribution in [0.5, 0.6) is 0 Å². The third kappa shape index (κ3) is 2.89. The van der Waals surface area contributed by atoms with Gasteiger partial charge in [-0.2, -0.15) is 11.8 Å². The first-order chi connectivity index (χ1) is 7.17. The molecule has 1 heterocycles. The highest BCUT2D eigenvalue weighted by Gasteiger charge is 2.42. The number of hydrogen-bond donors (Lipinski definition) is 1. The van der Waals surface area contributed by atoms with Crippen LogP contribution in [0.1, 0.15) is 39.5 Å². The van der Waals surface area contributed by atoms with Gasteiger partial charge < -0.3 is 5.73 Å². The molecule has 0 aromatic carbocycles. The van der Waals surface area contributed by atoms with Gasteiger partial charge in [-0.05, 0) is 32.2 Å². The Hall–Kier alpha value is 0.270. The minimum absolute atomic E-state index is 0.276. The summed E-state index contributed by atoms with van der Waals surface area (Å²) in [5.74, 6) is 1.27. The van der Waals surface area contributed by atoms with Crippen molar-refractivity contribution in [2.75, 3.05) is 25.9 Å². The van der Waals surface area contributed by atoms with Crippen LogP contribution < -0.4 is 5.73 Å². The predicted molar refractivity (Wildman–Crippen MR) is 70.5 cm³/mol. The molecule has 0 spiro atoms. The lowest BCUT2D eigenvalue weighted by molar-refractivity contribution is 0.127. The monoisotopic (exact) mass is 230 g/mol. The minimum Gasteiger partial charge on any atom is -0.329 e. The number of nitrogens with zero attached hydrogens (tertiary/aromatic N) is 1. The van der Waals surface area contributed by atoms with Gasteiger partial charge in [-0.1, -0.05) is 26.7 Å². The highest BCUT2D eigenvalue weighted by Crippen LogP contribution is 2.38. The summed E-state index contributed by atoms with van der Waals surface area (Å²) in [6.07, 6.45) is 5.21. The van der Waals surface area contributed by atoms with Crippen molar-refractivity contribution in [2.45, 2.75) is 50.3 Å². The van der Waals surface area contributed by atoms with Gasteiger partial charge in [0.25, 0.3) is 0 Å². The molecule has 2 N–H and O–H groups in total. The van der Waals surface area contributed by atoms with Crippen molar-refractivity contribution < 1.29 is 0 Å². The van der Waals surface area contributed by atoms with E-state index >= 15 is 0 Å². The normalized spacial score (nSPS) is 31.4. The average molecular weight is 230 g/mol. The fourth-order valence-corrected chi connectivity index (χ4v) is 4.05. The summed E-state index contributed by atoms with van der Waals surface area (Å²) < 4.78 is 0. The second-order valence-corrected chi connectivity index (χ2v) is 6.15. The molecule has 3 heteroatoms. The number of thioether (sulfide) groups is 1. The number of hydrogen-bond acceptors (Lipinski definition) is 3. The quantitative estimate of drug-likeness (QED) is 0.710. The minimum atomic E-state index is 0.276. The van der Waals surface area contributed by atoms with Gasteiger partial charge in [-0.3, -0.25) is 4.90 Å². The second kappa shape index (κ2) is 6.12. The van der Waals surface area contributed by atoms with Gasteiger partial charge in [-0.15, -0.1) is 0 Å². The molecule has 0 amide bonds. The topological polar surface area (TPSA) is 29.3 Å². The summed E-state index contributed by atoms with van der Waals surface area (Å²) in [7, 11) is 2.25. The molecule has 0 aliphatic carbocycles. The van der Waals surface area contributed by atoms with Gasteiger partial charge in [0, 0.05) is 17.3 Å². The van der Waals surface area contributed by atoms with E-state index in [1.807, 2.05) is 0 Å². The number of nitrogens with two attached hydrogens (primary N) is 1. The van der Waals surface area contributed by atoms with Crippen LogP contribution in [0.3, 0.4) is 0 Å². The zero-order valence-electron chi connectivity index (χ0n) is 10.5. The summed E-state index contributed by atoms with van der Waals surface area (Å²) in [5, 5.41) is 0.689. The van der Waals surface area contributed by atoms with E-state index in [1.54, 1.807) is 0 Å². The predicted octanol–water partition coefficient (Wildman–Crippen LogP) is 2.33. The zero-order valence-corrected chi connectivity index (χ0v) is 11.3. The number of likely N-dealkylation sites (N-methyl/N-ethyl adjacent to an activating group) is 1. The van der Waals surface area contributed by atoms with Crippen LogP contribution in [-0.2, 0) is 0 Å². The van der Waals surface area contributed by atoms with E-state index in [4.69, 9.17) is 5.73 Å². The third-order valence-electron chi connectivity index (χ3n) is 3.87. The van der Waals surface area contributed by atoms with E-state index in [0.29, 0.717) is 5.25 Å². The maximum atomic E-state index is 6.01. The molecule has 0 radical (unpaired) electrons. The maximum absolute atomic E-state index is 6.01. The second-order valence-electron chi connectivity index (χ2n) is 4.70. The Morgan fingerprint density at radius 1 is 1.47 bits per heavy atom. The van der Waals surface area contributed by atoms with Crippen LogP contribution in [0.15, 0.2) is 0 Å². The molecule has 0 aromatic heterocycles. The van der Waals surface area contributed by atoms with E-state index in [0.717, 1.165) is 6.54 Å². The fraction of sp³-hybridized carbons (Fsp3) is 1.00. The van der Waals surface area contributed by atoms with Crippen LogP contribution in [0.2, 0.25) is 0 Å². The van der Waals surface area contributed by atoms with E-state index in [2.05, 4.69) is 37.6 Å². The summed E-state index contributed by atoms with van der Waals surface area (Å²) in [5.41, 5.74) is 6.29. The lowest BCUT2D eigenvalue weighted by Crippen LogP contribution is -2.56. The highest BCUT2D eigenvalue weighted by atomic mass is 32.2. The number of rotatable bonds is 6. The molecular weight excluding hydrogens is 204 g/mol. The van der Waals surface area contributed by atoms with Crippen molar-refractivity contribution >= 4 is 11.8 Å². The first kappa shape index (κ1) is 13.3. The highest BCUT2D eigenvalue weighted by molar-refractivity contribution is 8.00. The molecule has 1 aliphatic heterocycles. The Bertz CT molecular complexity index is 186. The molecular formula is C12H26N2S.